The van der Waals surface area contributed by atoms with Gasteiger partial charge in [0.25, 0.3) is 11.8 Å². The van der Waals surface area contributed by atoms with Gasteiger partial charge in [-0.1, -0.05) is 0 Å². The second-order valence-electron chi connectivity index (χ2n) is 6.36. The van der Waals surface area contributed by atoms with E-state index < -0.39 is 17.5 Å². The number of methoxy groups -OCH3 is 1. The highest BCUT2D eigenvalue weighted by molar-refractivity contribution is 6.06. The summed E-state index contributed by atoms with van der Waals surface area (Å²) in [6, 6.07) is 4.54. The molecule has 136 valence electrons. The zero-order valence-corrected chi connectivity index (χ0v) is 14.5. The average Bonchev–Trinajstić information content (AvgIpc) is 3.14. The average molecular weight is 358 g/mol. The summed E-state index contributed by atoms with van der Waals surface area (Å²) in [5.41, 5.74) is 5.73. The Labute approximate surface area is 148 Å². The summed E-state index contributed by atoms with van der Waals surface area (Å²) in [5.74, 6) is -0.570. The number of imide groups is 1. The van der Waals surface area contributed by atoms with Gasteiger partial charge in [-0.25, -0.2) is 4.79 Å². The first-order valence-corrected chi connectivity index (χ1v) is 7.76. The number of carbonyl (C=O) groups is 3. The molecule has 1 aliphatic heterocycles. The molecular formula is C16H18N6O4. The minimum absolute atomic E-state index is 0.00255. The van der Waals surface area contributed by atoms with E-state index in [1.54, 1.807) is 32.0 Å². The molecule has 10 heteroatoms. The molecule has 0 bridgehead atoms. The maximum Gasteiger partial charge on any atom is 0.325 e. The highest BCUT2D eigenvalue weighted by atomic mass is 16.5. The molecule has 0 atom stereocenters. The van der Waals surface area contributed by atoms with Crippen LogP contribution in [0.4, 0.5) is 4.79 Å². The van der Waals surface area contributed by atoms with Crippen molar-refractivity contribution in [1.29, 1.82) is 0 Å². The predicted molar refractivity (Wildman–Crippen MR) is 90.0 cm³/mol. The number of carbonyl (C=O) groups excluding carboxylic acids is 3. The lowest BCUT2D eigenvalue weighted by atomic mass is 10.0. The number of amides is 4. The molecule has 1 saturated heterocycles. The highest BCUT2D eigenvalue weighted by Crippen LogP contribution is 2.29. The van der Waals surface area contributed by atoms with E-state index in [1.165, 1.54) is 7.11 Å². The van der Waals surface area contributed by atoms with E-state index in [4.69, 9.17) is 10.5 Å². The van der Waals surface area contributed by atoms with Crippen LogP contribution in [0, 0.1) is 0 Å². The largest absolute Gasteiger partial charge is 0.496 e. The number of H-pyrrole nitrogens is 1. The van der Waals surface area contributed by atoms with Crippen molar-refractivity contribution in [2.24, 2.45) is 5.73 Å². The van der Waals surface area contributed by atoms with Crippen molar-refractivity contribution in [3.05, 3.63) is 29.5 Å². The van der Waals surface area contributed by atoms with Crippen LogP contribution in [0.3, 0.4) is 0 Å². The third kappa shape index (κ3) is 2.85. The minimum Gasteiger partial charge on any atom is -0.496 e. The Hall–Kier alpha value is -3.43. The number of nitrogens with two attached hydrogens (primary N) is 1. The van der Waals surface area contributed by atoms with Crippen molar-refractivity contribution in [3.63, 3.8) is 0 Å². The smallest absolute Gasteiger partial charge is 0.325 e. The highest BCUT2D eigenvalue weighted by Gasteiger charge is 2.44. The van der Waals surface area contributed by atoms with Crippen LogP contribution in [0.5, 0.6) is 5.75 Å². The van der Waals surface area contributed by atoms with Crippen molar-refractivity contribution in [2.75, 3.05) is 7.11 Å². The van der Waals surface area contributed by atoms with Crippen molar-refractivity contribution < 1.29 is 19.1 Å². The molecule has 0 spiro atoms. The molecule has 0 unspecified atom stereocenters. The fraction of sp³-hybridized carbons (Fsp3) is 0.312. The fourth-order valence-electron chi connectivity index (χ4n) is 2.79. The van der Waals surface area contributed by atoms with Crippen LogP contribution < -0.4 is 15.8 Å². The van der Waals surface area contributed by atoms with Crippen LogP contribution in [-0.2, 0) is 11.3 Å². The zero-order chi connectivity index (χ0) is 19.1. The molecule has 2 heterocycles. The summed E-state index contributed by atoms with van der Waals surface area (Å²) < 4.78 is 5.32. The molecule has 1 fully saturated rings. The number of nitrogens with zero attached hydrogens (tertiary/aromatic N) is 3. The summed E-state index contributed by atoms with van der Waals surface area (Å²) in [7, 11) is 1.49. The van der Waals surface area contributed by atoms with Gasteiger partial charge in [-0.2, -0.15) is 15.4 Å². The Morgan fingerprint density at radius 3 is 2.62 bits per heavy atom. The summed E-state index contributed by atoms with van der Waals surface area (Å²) in [6.07, 6.45) is 0. The molecule has 3 rings (SSSR count). The molecule has 26 heavy (non-hydrogen) atoms. The lowest BCUT2D eigenvalue weighted by Crippen LogP contribution is -2.40. The molecule has 0 radical (unpaired) electrons. The van der Waals surface area contributed by atoms with E-state index in [9.17, 15) is 14.4 Å². The SMILES string of the molecule is COc1ccc(-c2n[nH]nc2C(N)=O)cc1CN1C(=O)NC(C)(C)C1=O. The first-order valence-electron chi connectivity index (χ1n) is 7.76. The second-order valence-corrected chi connectivity index (χ2v) is 6.36. The lowest BCUT2D eigenvalue weighted by Gasteiger charge is -2.18. The van der Waals surface area contributed by atoms with Crippen LogP contribution in [-0.4, -0.2) is 50.8 Å². The number of nitrogens with one attached hydrogen (secondary N) is 2. The molecular weight excluding hydrogens is 340 g/mol. The second kappa shape index (κ2) is 6.14. The zero-order valence-electron chi connectivity index (χ0n) is 14.5. The molecule has 10 nitrogen and oxygen atoms in total. The van der Waals surface area contributed by atoms with Gasteiger partial charge in [0.2, 0.25) is 0 Å². The lowest BCUT2D eigenvalue weighted by molar-refractivity contribution is -0.130. The van der Waals surface area contributed by atoms with E-state index in [0.717, 1.165) is 4.90 Å². The summed E-state index contributed by atoms with van der Waals surface area (Å²) in [4.78, 5) is 37.1. The Kier molecular flexibility index (Phi) is 4.10. The normalized spacial score (nSPS) is 15.9. The van der Waals surface area contributed by atoms with Gasteiger partial charge < -0.3 is 15.8 Å². The number of aromatic nitrogens is 3. The van der Waals surface area contributed by atoms with Crippen LogP contribution in [0.2, 0.25) is 0 Å². The summed E-state index contributed by atoms with van der Waals surface area (Å²) in [6.45, 7) is 3.28. The topological polar surface area (TPSA) is 143 Å². The molecule has 4 amide bonds. The van der Waals surface area contributed by atoms with Crippen molar-refractivity contribution >= 4 is 17.8 Å². The van der Waals surface area contributed by atoms with Gasteiger partial charge in [-0.05, 0) is 32.0 Å². The van der Waals surface area contributed by atoms with Crippen LogP contribution >= 0.6 is 0 Å². The van der Waals surface area contributed by atoms with Gasteiger partial charge >= 0.3 is 6.03 Å². The Morgan fingerprint density at radius 1 is 1.31 bits per heavy atom. The number of benzene rings is 1. The molecule has 0 aliphatic carbocycles. The monoisotopic (exact) mass is 358 g/mol. The minimum atomic E-state index is -0.965. The van der Waals surface area contributed by atoms with Crippen LogP contribution in [0.15, 0.2) is 18.2 Å². The molecule has 1 aliphatic rings. The number of hydrogen-bond donors (Lipinski definition) is 3. The summed E-state index contributed by atoms with van der Waals surface area (Å²) >= 11 is 0. The Balaban J connectivity index is 1.99. The molecule has 2 aromatic rings. The first-order chi connectivity index (χ1) is 12.2. The Morgan fingerprint density at radius 2 is 2.04 bits per heavy atom. The van der Waals surface area contributed by atoms with Gasteiger partial charge in [0, 0.05) is 11.1 Å². The number of primary amides is 1. The molecule has 4 N–H and O–H groups in total. The number of urea groups is 1. The van der Waals surface area contributed by atoms with Gasteiger partial charge in [0.15, 0.2) is 5.69 Å². The number of aromatic amines is 1. The van der Waals surface area contributed by atoms with E-state index in [1.807, 2.05) is 0 Å². The first kappa shape index (κ1) is 17.4. The third-order valence-corrected chi connectivity index (χ3v) is 4.11. The predicted octanol–water partition coefficient (Wildman–Crippen LogP) is 0.410. The van der Waals surface area contributed by atoms with E-state index >= 15 is 0 Å². The number of hydrogen-bond acceptors (Lipinski definition) is 6. The number of ether oxygens (including phenoxy) is 1. The van der Waals surface area contributed by atoms with E-state index in [-0.39, 0.29) is 23.8 Å². The van der Waals surface area contributed by atoms with Crippen molar-refractivity contribution in [3.8, 4) is 17.0 Å². The van der Waals surface area contributed by atoms with Gasteiger partial charge in [0.1, 0.15) is 17.0 Å². The quantitative estimate of drug-likeness (QED) is 0.661. The molecule has 0 saturated carbocycles. The van der Waals surface area contributed by atoms with Crippen molar-refractivity contribution in [2.45, 2.75) is 25.9 Å². The van der Waals surface area contributed by atoms with Crippen molar-refractivity contribution in [1.82, 2.24) is 25.6 Å². The maximum atomic E-state index is 12.4. The van der Waals surface area contributed by atoms with Gasteiger partial charge in [-0.3, -0.25) is 14.5 Å². The third-order valence-electron chi connectivity index (χ3n) is 4.11. The number of rotatable bonds is 5. The Bertz CT molecular complexity index is 904. The molecule has 1 aromatic heterocycles. The standard InChI is InChI=1S/C16H18N6O4/c1-16(2)14(24)22(15(25)18-16)7-9-6-8(4-5-10(9)26-3)11-12(13(17)23)20-21-19-11/h4-6H,7H2,1-3H3,(H2,17,23)(H,18,25)(H,19,20,21). The maximum absolute atomic E-state index is 12.4. The van der Waals surface area contributed by atoms with Gasteiger partial charge in [0.05, 0.1) is 13.7 Å². The van der Waals surface area contributed by atoms with Crippen LogP contribution in [0.1, 0.15) is 29.9 Å². The summed E-state index contributed by atoms with van der Waals surface area (Å²) in [5, 5.41) is 12.7. The van der Waals surface area contributed by atoms with E-state index in [2.05, 4.69) is 20.7 Å². The van der Waals surface area contributed by atoms with E-state index in [0.29, 0.717) is 16.9 Å². The fourth-order valence-corrected chi connectivity index (χ4v) is 2.79. The van der Waals surface area contributed by atoms with Crippen LogP contribution in [0.25, 0.3) is 11.3 Å². The van der Waals surface area contributed by atoms with Gasteiger partial charge in [-0.15, -0.1) is 0 Å². The molecule has 1 aromatic carbocycles.